The van der Waals surface area contributed by atoms with Gasteiger partial charge >= 0.3 is 0 Å². The largest absolute Gasteiger partial charge is 0.455 e. The first-order valence-electron chi connectivity index (χ1n) is 23.8. The van der Waals surface area contributed by atoms with Crippen LogP contribution in [-0.4, -0.2) is 14.5 Å². The quantitative estimate of drug-likeness (QED) is 0.173. The van der Waals surface area contributed by atoms with E-state index in [9.17, 15) is 0 Å². The van der Waals surface area contributed by atoms with E-state index >= 15 is 0 Å². The topological polar surface area (TPSA) is 43.9 Å². The van der Waals surface area contributed by atoms with Crippen LogP contribution >= 0.6 is 11.3 Å². The van der Waals surface area contributed by atoms with Crippen LogP contribution in [0.2, 0.25) is 0 Å². The predicted molar refractivity (Wildman–Crippen MR) is 296 cm³/mol. The van der Waals surface area contributed by atoms with E-state index in [4.69, 9.17) is 14.4 Å². The highest BCUT2D eigenvalue weighted by molar-refractivity contribution is 7.27. The second-order valence-corrected chi connectivity index (χ2v) is 19.5. The fraction of sp³-hybridized carbons (Fsp3) is 0.0154. The molecule has 0 fully saturated rings. The molecule has 0 aliphatic carbocycles. The van der Waals surface area contributed by atoms with Crippen molar-refractivity contribution in [1.82, 2.24) is 14.5 Å². The number of nitrogens with zero attached hydrogens (tertiary/aromatic N) is 3. The lowest BCUT2D eigenvalue weighted by atomic mass is 9.97. The molecule has 4 nitrogen and oxygen atoms in total. The Balaban J connectivity index is 1.06. The van der Waals surface area contributed by atoms with E-state index < -0.39 is 0 Å². The van der Waals surface area contributed by atoms with Crippen molar-refractivity contribution in [3.8, 4) is 50.7 Å². The number of para-hydroxylation sites is 2. The Morgan fingerprint density at radius 1 is 0.386 bits per heavy atom. The minimum atomic E-state index is 0.654. The summed E-state index contributed by atoms with van der Waals surface area (Å²) in [6.45, 7) is 2.18. The van der Waals surface area contributed by atoms with Crippen molar-refractivity contribution in [2.45, 2.75) is 6.92 Å². The molecule has 0 radical (unpaired) electrons. The lowest BCUT2D eigenvalue weighted by molar-refractivity contribution is 0.669. The van der Waals surface area contributed by atoms with Gasteiger partial charge in [-0.3, -0.25) is 0 Å². The van der Waals surface area contributed by atoms with Crippen molar-refractivity contribution < 1.29 is 4.42 Å². The highest BCUT2D eigenvalue weighted by atomic mass is 32.1. The van der Waals surface area contributed by atoms with Gasteiger partial charge in [-0.15, -0.1) is 11.3 Å². The molecule has 0 aliphatic heterocycles. The Labute approximate surface area is 406 Å². The van der Waals surface area contributed by atoms with Crippen LogP contribution < -0.4 is 0 Å². The summed E-state index contributed by atoms with van der Waals surface area (Å²) in [5.74, 6) is 0.654. The minimum Gasteiger partial charge on any atom is -0.455 e. The third kappa shape index (κ3) is 5.89. The number of fused-ring (bicyclic) bond motifs is 13. The maximum absolute atomic E-state index is 6.73. The average molecular weight is 910 g/mol. The van der Waals surface area contributed by atoms with E-state index in [1.54, 1.807) is 0 Å². The zero-order chi connectivity index (χ0) is 46.0. The van der Waals surface area contributed by atoms with Crippen molar-refractivity contribution in [2.75, 3.05) is 0 Å². The normalized spacial score (nSPS) is 12.1. The summed E-state index contributed by atoms with van der Waals surface area (Å²) < 4.78 is 11.8. The van der Waals surface area contributed by atoms with Gasteiger partial charge in [-0.2, -0.15) is 0 Å². The summed E-state index contributed by atoms with van der Waals surface area (Å²) in [4.78, 5) is 11.1. The summed E-state index contributed by atoms with van der Waals surface area (Å²) >= 11 is 1.89. The zero-order valence-electron chi connectivity index (χ0n) is 37.9. The Bertz CT molecular complexity index is 4560. The Morgan fingerprint density at radius 2 is 0.971 bits per heavy atom. The van der Waals surface area contributed by atoms with Crippen LogP contribution in [0.4, 0.5) is 0 Å². The predicted octanol–water partition coefficient (Wildman–Crippen LogP) is 18.3. The van der Waals surface area contributed by atoms with Crippen molar-refractivity contribution in [2.24, 2.45) is 0 Å². The van der Waals surface area contributed by atoms with Gasteiger partial charge in [0.2, 0.25) is 0 Å². The van der Waals surface area contributed by atoms with Crippen molar-refractivity contribution in [3.05, 3.63) is 224 Å². The van der Waals surface area contributed by atoms with Gasteiger partial charge in [-0.25, -0.2) is 9.97 Å². The second-order valence-electron chi connectivity index (χ2n) is 18.5. The lowest BCUT2D eigenvalue weighted by Gasteiger charge is -2.17. The van der Waals surface area contributed by atoms with Gasteiger partial charge in [0.05, 0.1) is 32.8 Å². The number of hydrogen-bond acceptors (Lipinski definition) is 4. The molecule has 0 saturated heterocycles. The van der Waals surface area contributed by atoms with E-state index in [1.807, 2.05) is 23.5 Å². The van der Waals surface area contributed by atoms with Crippen LogP contribution in [0.25, 0.3) is 147 Å². The molecule has 4 aromatic heterocycles. The average Bonchev–Trinajstić information content (AvgIpc) is 4.09. The summed E-state index contributed by atoms with van der Waals surface area (Å²) in [6, 6.07) is 79.0. The molecular weight excluding hydrogens is 871 g/mol. The first-order valence-corrected chi connectivity index (χ1v) is 24.6. The number of rotatable bonds is 5. The summed E-state index contributed by atoms with van der Waals surface area (Å²) in [5, 5.41) is 14.4. The van der Waals surface area contributed by atoms with Crippen LogP contribution in [0.1, 0.15) is 5.56 Å². The molecule has 5 heteroatoms. The monoisotopic (exact) mass is 909 g/mol. The summed E-state index contributed by atoms with van der Waals surface area (Å²) in [7, 11) is 0. The Kier molecular flexibility index (Phi) is 8.41. The number of benzene rings is 11. The second kappa shape index (κ2) is 15.1. The van der Waals surface area contributed by atoms with E-state index in [2.05, 4.69) is 218 Å². The van der Waals surface area contributed by atoms with Crippen molar-refractivity contribution >= 4 is 108 Å². The first-order chi connectivity index (χ1) is 34.6. The molecule has 70 heavy (non-hydrogen) atoms. The maximum atomic E-state index is 6.73. The Morgan fingerprint density at radius 3 is 1.70 bits per heavy atom. The van der Waals surface area contributed by atoms with Crippen LogP contribution in [0.15, 0.2) is 223 Å². The van der Waals surface area contributed by atoms with Crippen molar-refractivity contribution in [3.63, 3.8) is 0 Å². The SMILES string of the molecule is Cc1c(-c2cc(-n3c4cc5ccccc5cc4c4cc5ccccc5cc43)c3sc4c5ccccc5ccc4c3c2)nc(-c2ccc(-c3ccccc3)cc2)nc1-c1cccc2c1oc1ccccc12. The van der Waals surface area contributed by atoms with E-state index in [0.29, 0.717) is 5.82 Å². The fourth-order valence-corrected chi connectivity index (χ4v) is 12.4. The van der Waals surface area contributed by atoms with Gasteiger partial charge in [0.25, 0.3) is 0 Å². The summed E-state index contributed by atoms with van der Waals surface area (Å²) in [6.07, 6.45) is 0. The van der Waals surface area contributed by atoms with Crippen LogP contribution in [0.3, 0.4) is 0 Å². The standard InChI is InChI=1S/C65H39N3OS/c1-38-60(66-65(42-28-26-40(27-29-42)39-14-3-2-4-15-39)67-61(38)52-24-13-23-50-49-22-11-12-25-59(49)69-62(50)52)47-34-55-51-31-30-41-16-9-10-21-48(41)63(51)70-64(55)58(37-47)68-56-35-45-19-7-5-17-43(45)32-53(56)54-33-44-18-6-8-20-46(44)36-57(54)68/h2-37H,1H3. The molecule has 0 saturated carbocycles. The van der Waals surface area contributed by atoms with Gasteiger partial charge in [-0.05, 0) is 98.9 Å². The molecule has 0 amide bonds. The molecule has 11 aromatic carbocycles. The lowest BCUT2D eigenvalue weighted by Crippen LogP contribution is -2.02. The number of furan rings is 1. The molecule has 326 valence electrons. The van der Waals surface area contributed by atoms with Crippen molar-refractivity contribution in [1.29, 1.82) is 0 Å². The van der Waals surface area contributed by atoms with E-state index in [1.165, 1.54) is 79.9 Å². The molecule has 15 rings (SSSR count). The van der Waals surface area contributed by atoms with Gasteiger partial charge in [0.1, 0.15) is 11.2 Å². The van der Waals surface area contributed by atoms with Crippen LogP contribution in [-0.2, 0) is 0 Å². The fourth-order valence-electron chi connectivity index (χ4n) is 11.1. The molecule has 0 N–H and O–H groups in total. The molecule has 0 atom stereocenters. The smallest absolute Gasteiger partial charge is 0.160 e. The minimum absolute atomic E-state index is 0.654. The zero-order valence-corrected chi connectivity index (χ0v) is 38.8. The van der Waals surface area contributed by atoms with Gasteiger partial charge in [0, 0.05) is 59.3 Å². The van der Waals surface area contributed by atoms with Gasteiger partial charge in [-0.1, -0.05) is 170 Å². The van der Waals surface area contributed by atoms with Gasteiger partial charge < -0.3 is 8.98 Å². The highest BCUT2D eigenvalue weighted by Gasteiger charge is 2.24. The van der Waals surface area contributed by atoms with Crippen LogP contribution in [0, 0.1) is 6.92 Å². The molecule has 15 aromatic rings. The number of thiophene rings is 1. The number of aromatic nitrogens is 3. The molecule has 0 unspecified atom stereocenters. The molecule has 0 spiro atoms. The molecule has 0 bridgehead atoms. The van der Waals surface area contributed by atoms with E-state index in [-0.39, 0.29) is 0 Å². The highest BCUT2D eigenvalue weighted by Crippen LogP contribution is 2.47. The van der Waals surface area contributed by atoms with E-state index in [0.717, 1.165) is 66.8 Å². The molecule has 0 aliphatic rings. The Hall–Kier alpha value is -8.90. The molecular formula is C65H39N3OS. The summed E-state index contributed by atoms with van der Waals surface area (Å²) in [5.41, 5.74) is 13.0. The third-order valence-corrected chi connectivity index (χ3v) is 15.8. The van der Waals surface area contributed by atoms with Crippen LogP contribution in [0.5, 0.6) is 0 Å². The maximum Gasteiger partial charge on any atom is 0.160 e. The first kappa shape index (κ1) is 39.1. The number of hydrogen-bond donors (Lipinski definition) is 0. The molecule has 4 heterocycles. The van der Waals surface area contributed by atoms with Gasteiger partial charge in [0.15, 0.2) is 5.82 Å². The third-order valence-electron chi connectivity index (χ3n) is 14.5.